The highest BCUT2D eigenvalue weighted by Gasteiger charge is 2.16. The van der Waals surface area contributed by atoms with Crippen LogP contribution in [0.1, 0.15) is 12.5 Å². The van der Waals surface area contributed by atoms with Crippen LogP contribution in [0.2, 0.25) is 0 Å². The Kier molecular flexibility index (Phi) is 3.85. The van der Waals surface area contributed by atoms with E-state index in [4.69, 9.17) is 5.73 Å². The van der Waals surface area contributed by atoms with Crippen molar-refractivity contribution in [3.63, 3.8) is 0 Å². The van der Waals surface area contributed by atoms with Crippen molar-refractivity contribution in [1.29, 1.82) is 0 Å². The number of aromatic nitrogens is 1. The Labute approximate surface area is 120 Å². The maximum atomic E-state index is 6.03. The fourth-order valence-corrected chi connectivity index (χ4v) is 2.89. The first-order valence-electron chi connectivity index (χ1n) is 7.34. The van der Waals surface area contributed by atoms with Crippen LogP contribution in [-0.4, -0.2) is 47.5 Å². The number of nitrogens with zero attached hydrogens (tertiary/aromatic N) is 3. The predicted octanol–water partition coefficient (Wildman–Crippen LogP) is 1.95. The zero-order valence-corrected chi connectivity index (χ0v) is 12.0. The number of rotatable bonds is 3. The summed E-state index contributed by atoms with van der Waals surface area (Å²) in [6.07, 6.45) is 1.85. The molecular formula is C16H22N4. The number of nitrogen functional groups attached to an aromatic ring is 1. The number of hydrogen-bond donors (Lipinski definition) is 1. The van der Waals surface area contributed by atoms with Crippen molar-refractivity contribution in [3.05, 3.63) is 36.0 Å². The van der Waals surface area contributed by atoms with Gasteiger partial charge in [0.1, 0.15) is 0 Å². The first kappa shape index (κ1) is 13.3. The number of fused-ring (bicyclic) bond motifs is 1. The highest BCUT2D eigenvalue weighted by atomic mass is 15.3. The standard InChI is InChI=1S/C16H22N4/c1-2-19-8-10-20(11-9-19)12-13-5-6-15(17)14-4-3-7-18-16(13)14/h3-7H,2,8-12,17H2,1H3. The molecular weight excluding hydrogens is 248 g/mol. The summed E-state index contributed by atoms with van der Waals surface area (Å²) in [7, 11) is 0. The highest BCUT2D eigenvalue weighted by Crippen LogP contribution is 2.23. The third kappa shape index (κ3) is 2.62. The number of pyridine rings is 1. The molecule has 20 heavy (non-hydrogen) atoms. The molecule has 2 aromatic rings. The largest absolute Gasteiger partial charge is 0.398 e. The zero-order chi connectivity index (χ0) is 13.9. The number of nitrogens with two attached hydrogens (primary N) is 1. The van der Waals surface area contributed by atoms with Crippen molar-refractivity contribution < 1.29 is 0 Å². The Hall–Kier alpha value is -1.65. The number of hydrogen-bond acceptors (Lipinski definition) is 4. The lowest BCUT2D eigenvalue weighted by atomic mass is 10.1. The number of anilines is 1. The molecule has 4 nitrogen and oxygen atoms in total. The normalized spacial score (nSPS) is 17.6. The lowest BCUT2D eigenvalue weighted by Gasteiger charge is -2.34. The SMILES string of the molecule is CCN1CCN(Cc2ccc(N)c3cccnc23)CC1. The molecule has 4 heteroatoms. The molecule has 1 aliphatic heterocycles. The molecule has 106 valence electrons. The molecule has 0 atom stereocenters. The summed E-state index contributed by atoms with van der Waals surface area (Å²) >= 11 is 0. The van der Waals surface area contributed by atoms with Crippen LogP contribution in [-0.2, 0) is 6.54 Å². The summed E-state index contributed by atoms with van der Waals surface area (Å²) in [4.78, 5) is 9.52. The minimum Gasteiger partial charge on any atom is -0.398 e. The Morgan fingerprint density at radius 1 is 1.10 bits per heavy atom. The van der Waals surface area contributed by atoms with Gasteiger partial charge in [0, 0.05) is 50.0 Å². The van der Waals surface area contributed by atoms with Crippen LogP contribution in [0, 0.1) is 0 Å². The first-order chi connectivity index (χ1) is 9.78. The van der Waals surface area contributed by atoms with Crippen LogP contribution >= 0.6 is 0 Å². The van der Waals surface area contributed by atoms with E-state index in [0.717, 1.165) is 55.9 Å². The number of benzene rings is 1. The van der Waals surface area contributed by atoms with Crippen molar-refractivity contribution in [1.82, 2.24) is 14.8 Å². The van der Waals surface area contributed by atoms with Gasteiger partial charge >= 0.3 is 0 Å². The van der Waals surface area contributed by atoms with Gasteiger partial charge in [-0.25, -0.2) is 0 Å². The molecule has 3 rings (SSSR count). The molecule has 0 spiro atoms. The van der Waals surface area contributed by atoms with E-state index >= 15 is 0 Å². The molecule has 2 N–H and O–H groups in total. The highest BCUT2D eigenvalue weighted by molar-refractivity contribution is 5.92. The second-order valence-electron chi connectivity index (χ2n) is 5.42. The zero-order valence-electron chi connectivity index (χ0n) is 12.0. The van der Waals surface area contributed by atoms with Crippen LogP contribution in [0.4, 0.5) is 5.69 Å². The minimum absolute atomic E-state index is 0.813. The van der Waals surface area contributed by atoms with Gasteiger partial charge in [-0.15, -0.1) is 0 Å². The van der Waals surface area contributed by atoms with Crippen molar-refractivity contribution >= 4 is 16.6 Å². The molecule has 1 saturated heterocycles. The second-order valence-corrected chi connectivity index (χ2v) is 5.42. The molecule has 0 amide bonds. The van der Waals surface area contributed by atoms with Gasteiger partial charge in [0.25, 0.3) is 0 Å². The van der Waals surface area contributed by atoms with E-state index in [9.17, 15) is 0 Å². The Bertz CT molecular complexity index is 588. The van der Waals surface area contributed by atoms with Gasteiger partial charge in [-0.2, -0.15) is 0 Å². The van der Waals surface area contributed by atoms with Gasteiger partial charge in [0.2, 0.25) is 0 Å². The van der Waals surface area contributed by atoms with Crippen LogP contribution in [0.25, 0.3) is 10.9 Å². The summed E-state index contributed by atoms with van der Waals surface area (Å²) in [5, 5.41) is 1.07. The lowest BCUT2D eigenvalue weighted by molar-refractivity contribution is 0.132. The van der Waals surface area contributed by atoms with Crippen molar-refractivity contribution in [3.8, 4) is 0 Å². The molecule has 0 unspecified atom stereocenters. The summed E-state index contributed by atoms with van der Waals surface area (Å²) in [5.74, 6) is 0. The van der Waals surface area contributed by atoms with Crippen LogP contribution in [0.15, 0.2) is 30.5 Å². The van der Waals surface area contributed by atoms with E-state index in [1.54, 1.807) is 0 Å². The maximum absolute atomic E-state index is 6.03. The van der Waals surface area contributed by atoms with E-state index in [-0.39, 0.29) is 0 Å². The molecule has 1 aromatic carbocycles. The quantitative estimate of drug-likeness (QED) is 0.866. The van der Waals surface area contributed by atoms with E-state index in [2.05, 4.69) is 33.8 Å². The topological polar surface area (TPSA) is 45.4 Å². The van der Waals surface area contributed by atoms with Crippen LogP contribution < -0.4 is 5.73 Å². The maximum Gasteiger partial charge on any atom is 0.0767 e. The van der Waals surface area contributed by atoms with Gasteiger partial charge < -0.3 is 10.6 Å². The summed E-state index contributed by atoms with van der Waals surface area (Å²) < 4.78 is 0. The predicted molar refractivity (Wildman–Crippen MR) is 83.5 cm³/mol. The molecule has 0 bridgehead atoms. The number of piperazine rings is 1. The average molecular weight is 270 g/mol. The lowest BCUT2D eigenvalue weighted by Crippen LogP contribution is -2.45. The van der Waals surface area contributed by atoms with Crippen molar-refractivity contribution in [2.45, 2.75) is 13.5 Å². The fraction of sp³-hybridized carbons (Fsp3) is 0.438. The fourth-order valence-electron chi connectivity index (χ4n) is 2.89. The second kappa shape index (κ2) is 5.77. The molecule has 0 saturated carbocycles. The van der Waals surface area contributed by atoms with Crippen LogP contribution in [0.5, 0.6) is 0 Å². The van der Waals surface area contributed by atoms with Gasteiger partial charge in [0.05, 0.1) is 5.52 Å². The summed E-state index contributed by atoms with van der Waals surface area (Å²) in [6.45, 7) is 8.94. The summed E-state index contributed by atoms with van der Waals surface area (Å²) in [6, 6.07) is 8.12. The molecule has 1 aliphatic rings. The molecule has 0 aliphatic carbocycles. The average Bonchev–Trinajstić information content (AvgIpc) is 2.51. The van der Waals surface area contributed by atoms with Crippen LogP contribution in [0.3, 0.4) is 0 Å². The molecule has 1 aromatic heterocycles. The Morgan fingerprint density at radius 3 is 2.60 bits per heavy atom. The minimum atomic E-state index is 0.813. The Morgan fingerprint density at radius 2 is 1.85 bits per heavy atom. The molecule has 0 radical (unpaired) electrons. The summed E-state index contributed by atoms with van der Waals surface area (Å²) in [5.41, 5.74) is 9.17. The third-order valence-corrected chi connectivity index (χ3v) is 4.19. The van der Waals surface area contributed by atoms with Crippen molar-refractivity contribution in [2.24, 2.45) is 0 Å². The van der Waals surface area contributed by atoms with Gasteiger partial charge in [-0.1, -0.05) is 13.0 Å². The molecule has 2 heterocycles. The molecule has 1 fully saturated rings. The van der Waals surface area contributed by atoms with E-state index in [0.29, 0.717) is 0 Å². The van der Waals surface area contributed by atoms with Gasteiger partial charge in [-0.3, -0.25) is 9.88 Å². The smallest absolute Gasteiger partial charge is 0.0767 e. The number of likely N-dealkylation sites (N-methyl/N-ethyl adjacent to an activating group) is 1. The van der Waals surface area contributed by atoms with Gasteiger partial charge in [-0.05, 0) is 30.3 Å². The van der Waals surface area contributed by atoms with E-state index in [1.807, 2.05) is 18.3 Å². The Balaban J connectivity index is 1.80. The van der Waals surface area contributed by atoms with E-state index < -0.39 is 0 Å². The third-order valence-electron chi connectivity index (χ3n) is 4.19. The van der Waals surface area contributed by atoms with Crippen molar-refractivity contribution in [2.75, 3.05) is 38.5 Å². The first-order valence-corrected chi connectivity index (χ1v) is 7.34. The monoisotopic (exact) mass is 270 g/mol. The van der Waals surface area contributed by atoms with Gasteiger partial charge in [0.15, 0.2) is 0 Å². The van der Waals surface area contributed by atoms with E-state index in [1.165, 1.54) is 5.56 Å².